The Bertz CT molecular complexity index is 1070. The molecule has 4 aromatic rings. The number of rotatable bonds is 3. The fraction of sp³-hybridized carbons (Fsp3) is 0.238. The van der Waals surface area contributed by atoms with Crippen LogP contribution in [0.1, 0.15) is 36.4 Å². The van der Waals surface area contributed by atoms with Gasteiger partial charge in [-0.15, -0.1) is 0 Å². The van der Waals surface area contributed by atoms with Gasteiger partial charge in [-0.3, -0.25) is 0 Å². The summed E-state index contributed by atoms with van der Waals surface area (Å²) in [6.07, 6.45) is 3.82. The summed E-state index contributed by atoms with van der Waals surface area (Å²) in [4.78, 5) is 7.83. The van der Waals surface area contributed by atoms with Gasteiger partial charge in [0.25, 0.3) is 0 Å². The fourth-order valence-corrected chi connectivity index (χ4v) is 3.57. The second-order valence-corrected chi connectivity index (χ2v) is 7.15. The van der Waals surface area contributed by atoms with Gasteiger partial charge in [0.15, 0.2) is 0 Å². The molecule has 0 aliphatic carbocycles. The summed E-state index contributed by atoms with van der Waals surface area (Å²) in [5.74, 6) is 0.546. The van der Waals surface area contributed by atoms with Crippen molar-refractivity contribution in [2.45, 2.75) is 33.1 Å². The zero-order chi connectivity index (χ0) is 18.5. The molecule has 5 heteroatoms. The Labute approximate surface area is 151 Å². The number of hydrogen-bond donors (Lipinski definition) is 1. The lowest BCUT2D eigenvalue weighted by Gasteiger charge is -2.25. The first-order valence-corrected chi connectivity index (χ1v) is 8.55. The molecule has 0 spiro atoms. The fourth-order valence-electron chi connectivity index (χ4n) is 3.57. The Morgan fingerprint density at radius 3 is 2.50 bits per heavy atom. The van der Waals surface area contributed by atoms with Crippen LogP contribution in [0.5, 0.6) is 0 Å². The van der Waals surface area contributed by atoms with E-state index in [9.17, 15) is 4.39 Å². The minimum atomic E-state index is -0.301. The van der Waals surface area contributed by atoms with Crippen molar-refractivity contribution < 1.29 is 8.91 Å². The van der Waals surface area contributed by atoms with Crippen molar-refractivity contribution >= 4 is 11.0 Å². The van der Waals surface area contributed by atoms with Crippen molar-refractivity contribution in [3.05, 3.63) is 71.1 Å². The molecule has 4 rings (SSSR count). The van der Waals surface area contributed by atoms with Crippen LogP contribution < -0.4 is 0 Å². The van der Waals surface area contributed by atoms with E-state index in [0.717, 1.165) is 44.7 Å². The third kappa shape index (κ3) is 2.51. The van der Waals surface area contributed by atoms with Crippen molar-refractivity contribution in [3.8, 4) is 11.1 Å². The van der Waals surface area contributed by atoms with Crippen LogP contribution >= 0.6 is 0 Å². The minimum Gasteiger partial charge on any atom is -0.361 e. The van der Waals surface area contributed by atoms with Gasteiger partial charge >= 0.3 is 0 Å². The summed E-state index contributed by atoms with van der Waals surface area (Å²) in [6, 6.07) is 8.78. The van der Waals surface area contributed by atoms with Gasteiger partial charge in [0.05, 0.1) is 5.69 Å². The molecule has 0 radical (unpaired) electrons. The van der Waals surface area contributed by atoms with E-state index in [1.165, 1.54) is 12.1 Å². The molecule has 132 valence electrons. The Kier molecular flexibility index (Phi) is 3.68. The first-order valence-electron chi connectivity index (χ1n) is 8.55. The number of halogens is 1. The molecule has 0 fully saturated rings. The van der Waals surface area contributed by atoms with Gasteiger partial charge in [-0.2, -0.15) is 0 Å². The summed E-state index contributed by atoms with van der Waals surface area (Å²) in [5, 5.41) is 5.08. The number of aromatic nitrogens is 3. The Hall–Kier alpha value is -2.95. The molecule has 1 N–H and O–H groups in total. The third-order valence-electron chi connectivity index (χ3n) is 5.09. The van der Waals surface area contributed by atoms with E-state index in [-0.39, 0.29) is 11.2 Å². The van der Waals surface area contributed by atoms with Crippen LogP contribution in [0.25, 0.3) is 22.2 Å². The van der Waals surface area contributed by atoms with Crippen LogP contribution in [0.15, 0.2) is 47.2 Å². The van der Waals surface area contributed by atoms with Crippen molar-refractivity contribution in [3.63, 3.8) is 0 Å². The van der Waals surface area contributed by atoms with Crippen molar-refractivity contribution in [1.29, 1.82) is 0 Å². The highest BCUT2D eigenvalue weighted by atomic mass is 19.1. The number of aromatic amines is 1. The topological polar surface area (TPSA) is 54.7 Å². The van der Waals surface area contributed by atoms with Gasteiger partial charge in [0.1, 0.15) is 17.2 Å². The molecule has 4 nitrogen and oxygen atoms in total. The first kappa shape index (κ1) is 16.5. The highest BCUT2D eigenvalue weighted by Gasteiger charge is 2.27. The van der Waals surface area contributed by atoms with Crippen LogP contribution in [0, 0.1) is 19.7 Å². The number of nitrogens with one attached hydrogen (secondary N) is 1. The number of fused-ring (bicyclic) bond motifs is 1. The van der Waals surface area contributed by atoms with Gasteiger partial charge in [-0.05, 0) is 43.2 Å². The molecule has 3 heterocycles. The van der Waals surface area contributed by atoms with Crippen LogP contribution in [0.4, 0.5) is 4.39 Å². The van der Waals surface area contributed by atoms with E-state index in [1.807, 2.05) is 38.4 Å². The molecular formula is C21H20FN3O. The van der Waals surface area contributed by atoms with E-state index in [1.54, 1.807) is 0 Å². The molecule has 26 heavy (non-hydrogen) atoms. The maximum Gasteiger partial charge on any atom is 0.141 e. The largest absolute Gasteiger partial charge is 0.361 e. The molecule has 0 amide bonds. The average Bonchev–Trinajstić information content (AvgIpc) is 3.18. The molecule has 3 aromatic heterocycles. The molecule has 0 atom stereocenters. The van der Waals surface area contributed by atoms with Crippen molar-refractivity contribution in [2.75, 3.05) is 0 Å². The Morgan fingerprint density at radius 1 is 1.12 bits per heavy atom. The molecule has 0 bridgehead atoms. The SMILES string of the molecule is Cc1noc(C)c1-c1cnc2[nH]cc(C(C)(C)c3ccc(F)cc3)c2c1. The summed E-state index contributed by atoms with van der Waals surface area (Å²) < 4.78 is 18.6. The van der Waals surface area contributed by atoms with Gasteiger partial charge < -0.3 is 9.51 Å². The second kappa shape index (κ2) is 5.80. The highest BCUT2D eigenvalue weighted by molar-refractivity contribution is 5.86. The van der Waals surface area contributed by atoms with E-state index >= 15 is 0 Å². The molecule has 0 aliphatic rings. The van der Waals surface area contributed by atoms with E-state index < -0.39 is 0 Å². The third-order valence-corrected chi connectivity index (χ3v) is 5.09. The van der Waals surface area contributed by atoms with Crippen LogP contribution in [-0.2, 0) is 5.41 Å². The smallest absolute Gasteiger partial charge is 0.141 e. The lowest BCUT2D eigenvalue weighted by atomic mass is 9.78. The predicted molar refractivity (Wildman–Crippen MR) is 99.6 cm³/mol. The van der Waals surface area contributed by atoms with Crippen molar-refractivity contribution in [2.24, 2.45) is 0 Å². The van der Waals surface area contributed by atoms with Gasteiger partial charge in [-0.1, -0.05) is 31.1 Å². The van der Waals surface area contributed by atoms with E-state index in [0.29, 0.717) is 0 Å². The first-order chi connectivity index (χ1) is 12.4. The molecule has 0 aliphatic heterocycles. The zero-order valence-electron chi connectivity index (χ0n) is 15.2. The Morgan fingerprint density at radius 2 is 1.85 bits per heavy atom. The number of aryl methyl sites for hydroxylation is 2. The second-order valence-electron chi connectivity index (χ2n) is 7.15. The molecule has 0 saturated carbocycles. The maximum absolute atomic E-state index is 13.3. The monoisotopic (exact) mass is 349 g/mol. The number of benzene rings is 1. The van der Waals surface area contributed by atoms with Crippen LogP contribution in [0.3, 0.4) is 0 Å². The number of H-pyrrole nitrogens is 1. The summed E-state index contributed by atoms with van der Waals surface area (Å²) in [5.41, 5.74) is 5.48. The minimum absolute atomic E-state index is 0.231. The van der Waals surface area contributed by atoms with Crippen molar-refractivity contribution in [1.82, 2.24) is 15.1 Å². The van der Waals surface area contributed by atoms with Gasteiger partial charge in [0, 0.05) is 34.3 Å². The highest BCUT2D eigenvalue weighted by Crippen LogP contribution is 2.37. The van der Waals surface area contributed by atoms with Crippen LogP contribution in [0.2, 0.25) is 0 Å². The van der Waals surface area contributed by atoms with E-state index in [2.05, 4.69) is 35.0 Å². The molecule has 0 unspecified atom stereocenters. The molecular weight excluding hydrogens is 329 g/mol. The lowest BCUT2D eigenvalue weighted by molar-refractivity contribution is 0.393. The summed E-state index contributed by atoms with van der Waals surface area (Å²) in [7, 11) is 0. The van der Waals surface area contributed by atoms with Crippen LogP contribution in [-0.4, -0.2) is 15.1 Å². The molecule has 1 aromatic carbocycles. The van der Waals surface area contributed by atoms with Gasteiger partial charge in [-0.25, -0.2) is 9.37 Å². The Balaban J connectivity index is 1.88. The zero-order valence-corrected chi connectivity index (χ0v) is 15.2. The quantitative estimate of drug-likeness (QED) is 0.546. The maximum atomic E-state index is 13.3. The van der Waals surface area contributed by atoms with E-state index in [4.69, 9.17) is 4.52 Å². The number of pyridine rings is 1. The lowest BCUT2D eigenvalue weighted by Crippen LogP contribution is -2.18. The summed E-state index contributed by atoms with van der Waals surface area (Å²) in [6.45, 7) is 8.09. The summed E-state index contributed by atoms with van der Waals surface area (Å²) >= 11 is 0. The number of hydrogen-bond acceptors (Lipinski definition) is 3. The normalized spacial score (nSPS) is 12.0. The molecule has 0 saturated heterocycles. The van der Waals surface area contributed by atoms with Gasteiger partial charge in [0.2, 0.25) is 0 Å². The average molecular weight is 349 g/mol. The standard InChI is InChI=1S/C21H20FN3O/c1-12-19(13(2)26-25-12)14-9-17-18(11-24-20(17)23-10-14)21(3,4)15-5-7-16(22)8-6-15/h5-11H,1-4H3,(H,23,24). The number of nitrogens with zero attached hydrogens (tertiary/aromatic N) is 2. The predicted octanol–water partition coefficient (Wildman–Crippen LogP) is 5.30.